The van der Waals surface area contributed by atoms with Crippen LogP contribution in [0.5, 0.6) is 0 Å². The number of carbonyl (C=O) groups is 1. The Hall–Kier alpha value is -3.23. The van der Waals surface area contributed by atoms with Gasteiger partial charge in [0.25, 0.3) is 5.91 Å². The van der Waals surface area contributed by atoms with Gasteiger partial charge < -0.3 is 15.2 Å². The molecule has 1 saturated heterocycles. The maximum atomic E-state index is 13.0. The number of nitrogens with one attached hydrogen (secondary N) is 1. The molecule has 0 bridgehead atoms. The van der Waals surface area contributed by atoms with Crippen LogP contribution in [0.4, 0.5) is 0 Å². The quantitative estimate of drug-likeness (QED) is 0.620. The average molecular weight is 446 g/mol. The highest BCUT2D eigenvalue weighted by molar-refractivity contribution is 5.93. The van der Waals surface area contributed by atoms with Gasteiger partial charge in [0.15, 0.2) is 0 Å². The highest BCUT2D eigenvalue weighted by atomic mass is 16.5. The minimum absolute atomic E-state index is 0.241. The number of aromatic nitrogens is 4. The highest BCUT2D eigenvalue weighted by Gasteiger charge is 2.27. The number of pyridine rings is 2. The SMILES string of the molecule is O=C(NC1CCOCC1O)c1cc(Cc2ccc(-c3cnccn3)nc2)c2c(n1)CCCC2. The molecule has 1 fully saturated rings. The lowest BCUT2D eigenvalue weighted by molar-refractivity contribution is -0.0261. The molecule has 1 aliphatic carbocycles. The highest BCUT2D eigenvalue weighted by Crippen LogP contribution is 2.26. The third-order valence-electron chi connectivity index (χ3n) is 6.31. The largest absolute Gasteiger partial charge is 0.389 e. The molecule has 0 radical (unpaired) electrons. The van der Waals surface area contributed by atoms with E-state index >= 15 is 0 Å². The molecule has 0 aromatic carbocycles. The van der Waals surface area contributed by atoms with Gasteiger partial charge >= 0.3 is 0 Å². The maximum absolute atomic E-state index is 13.0. The van der Waals surface area contributed by atoms with Crippen molar-refractivity contribution in [2.45, 2.75) is 50.7 Å². The maximum Gasteiger partial charge on any atom is 0.270 e. The normalized spacial score (nSPS) is 20.2. The summed E-state index contributed by atoms with van der Waals surface area (Å²) < 4.78 is 5.27. The molecule has 3 aromatic rings. The number of aryl methyl sites for hydroxylation is 1. The van der Waals surface area contributed by atoms with Gasteiger partial charge in [0, 0.05) is 30.9 Å². The molecule has 5 rings (SSSR count). The number of aliphatic hydroxyl groups excluding tert-OH is 1. The molecule has 2 unspecified atom stereocenters. The summed E-state index contributed by atoms with van der Waals surface area (Å²) in [6.07, 6.45) is 11.5. The van der Waals surface area contributed by atoms with Gasteiger partial charge in [-0.15, -0.1) is 0 Å². The Morgan fingerprint density at radius 3 is 2.82 bits per heavy atom. The van der Waals surface area contributed by atoms with E-state index in [-0.39, 0.29) is 18.6 Å². The van der Waals surface area contributed by atoms with Crippen LogP contribution in [0, 0.1) is 0 Å². The zero-order valence-corrected chi connectivity index (χ0v) is 18.4. The first-order chi connectivity index (χ1) is 16.2. The topological polar surface area (TPSA) is 110 Å². The standard InChI is InChI=1S/C25H27N5O3/c31-24-15-33-10-7-21(24)30-25(32)22-12-17(18-3-1-2-4-19(18)29-22)11-16-5-6-20(28-13-16)23-14-26-8-9-27-23/h5-6,8-9,12-14,21,24,31H,1-4,7,10-11,15H2,(H,30,32). The lowest BCUT2D eigenvalue weighted by Gasteiger charge is -2.28. The van der Waals surface area contributed by atoms with Gasteiger partial charge in [-0.1, -0.05) is 6.07 Å². The van der Waals surface area contributed by atoms with Crippen molar-refractivity contribution in [2.75, 3.05) is 13.2 Å². The fraction of sp³-hybridized carbons (Fsp3) is 0.400. The summed E-state index contributed by atoms with van der Waals surface area (Å²) in [5.41, 5.74) is 6.37. The Balaban J connectivity index is 1.39. The fourth-order valence-corrected chi connectivity index (χ4v) is 4.53. The van der Waals surface area contributed by atoms with Crippen LogP contribution in [-0.4, -0.2) is 56.3 Å². The summed E-state index contributed by atoms with van der Waals surface area (Å²) >= 11 is 0. The van der Waals surface area contributed by atoms with Crippen LogP contribution < -0.4 is 5.32 Å². The van der Waals surface area contributed by atoms with Crippen LogP contribution in [0.2, 0.25) is 0 Å². The van der Waals surface area contributed by atoms with Crippen molar-refractivity contribution in [3.05, 3.63) is 71.1 Å². The summed E-state index contributed by atoms with van der Waals surface area (Å²) in [6.45, 7) is 0.772. The van der Waals surface area contributed by atoms with Crippen molar-refractivity contribution in [2.24, 2.45) is 0 Å². The Morgan fingerprint density at radius 2 is 2.03 bits per heavy atom. The van der Waals surface area contributed by atoms with Gasteiger partial charge in [-0.2, -0.15) is 0 Å². The first-order valence-corrected chi connectivity index (χ1v) is 11.5. The molecule has 8 heteroatoms. The molecule has 2 atom stereocenters. The number of aliphatic hydroxyl groups is 1. The van der Waals surface area contributed by atoms with E-state index in [1.165, 1.54) is 5.56 Å². The van der Waals surface area contributed by atoms with Crippen molar-refractivity contribution in [3.8, 4) is 11.4 Å². The molecule has 0 saturated carbocycles. The molecule has 170 valence electrons. The number of amides is 1. The predicted molar refractivity (Wildman–Crippen MR) is 122 cm³/mol. The molecule has 8 nitrogen and oxygen atoms in total. The third kappa shape index (κ3) is 4.91. The van der Waals surface area contributed by atoms with Gasteiger partial charge in [-0.25, -0.2) is 4.98 Å². The smallest absolute Gasteiger partial charge is 0.270 e. The number of hydrogen-bond acceptors (Lipinski definition) is 7. The Bertz CT molecular complexity index is 1120. The van der Waals surface area contributed by atoms with E-state index < -0.39 is 6.10 Å². The molecule has 3 aromatic heterocycles. The van der Waals surface area contributed by atoms with Gasteiger partial charge in [0.05, 0.1) is 30.6 Å². The number of nitrogens with zero attached hydrogens (tertiary/aromatic N) is 4. The van der Waals surface area contributed by atoms with Crippen LogP contribution in [-0.2, 0) is 24.0 Å². The molecule has 0 spiro atoms. The summed E-state index contributed by atoms with van der Waals surface area (Å²) in [6, 6.07) is 5.59. The van der Waals surface area contributed by atoms with Gasteiger partial charge in [0.2, 0.25) is 0 Å². The van der Waals surface area contributed by atoms with Crippen molar-refractivity contribution in [3.63, 3.8) is 0 Å². The van der Waals surface area contributed by atoms with Crippen LogP contribution in [0.3, 0.4) is 0 Å². The molecule has 1 aliphatic heterocycles. The minimum atomic E-state index is -0.696. The first kappa shape index (κ1) is 21.6. The van der Waals surface area contributed by atoms with Gasteiger partial charge in [0.1, 0.15) is 11.4 Å². The van der Waals surface area contributed by atoms with Crippen molar-refractivity contribution in [1.29, 1.82) is 0 Å². The molecule has 2 aliphatic rings. The Morgan fingerprint density at radius 1 is 1.12 bits per heavy atom. The van der Waals surface area contributed by atoms with E-state index in [1.807, 2.05) is 24.4 Å². The van der Waals surface area contributed by atoms with E-state index in [0.717, 1.165) is 53.9 Å². The van der Waals surface area contributed by atoms with E-state index in [0.29, 0.717) is 25.1 Å². The number of rotatable bonds is 5. The Kier molecular flexibility index (Phi) is 6.37. The summed E-state index contributed by atoms with van der Waals surface area (Å²) in [5, 5.41) is 13.1. The van der Waals surface area contributed by atoms with E-state index in [2.05, 4.69) is 20.3 Å². The molecular formula is C25H27N5O3. The number of hydrogen-bond donors (Lipinski definition) is 2. The van der Waals surface area contributed by atoms with Crippen LogP contribution >= 0.6 is 0 Å². The van der Waals surface area contributed by atoms with Crippen molar-refractivity contribution >= 4 is 5.91 Å². The van der Waals surface area contributed by atoms with E-state index in [1.54, 1.807) is 18.6 Å². The molecule has 2 N–H and O–H groups in total. The van der Waals surface area contributed by atoms with Gasteiger partial charge in [-0.05, 0) is 67.3 Å². The van der Waals surface area contributed by atoms with E-state index in [9.17, 15) is 9.90 Å². The molecular weight excluding hydrogens is 418 g/mol. The zero-order valence-electron chi connectivity index (χ0n) is 18.4. The predicted octanol–water partition coefficient (Wildman–Crippen LogP) is 2.28. The summed E-state index contributed by atoms with van der Waals surface area (Å²) in [4.78, 5) is 30.7. The van der Waals surface area contributed by atoms with Gasteiger partial charge in [-0.3, -0.25) is 19.7 Å². The van der Waals surface area contributed by atoms with E-state index in [4.69, 9.17) is 9.72 Å². The Labute approximate surface area is 192 Å². The summed E-state index contributed by atoms with van der Waals surface area (Å²) in [5.74, 6) is -0.244. The molecule has 4 heterocycles. The zero-order chi connectivity index (χ0) is 22.6. The monoisotopic (exact) mass is 445 g/mol. The molecule has 1 amide bonds. The van der Waals surface area contributed by atoms with Crippen LogP contribution in [0.25, 0.3) is 11.4 Å². The number of ether oxygens (including phenoxy) is 1. The van der Waals surface area contributed by atoms with Crippen LogP contribution in [0.15, 0.2) is 43.0 Å². The average Bonchev–Trinajstić information content (AvgIpc) is 2.86. The van der Waals surface area contributed by atoms with Crippen molar-refractivity contribution < 1.29 is 14.6 Å². The third-order valence-corrected chi connectivity index (χ3v) is 6.31. The second-order valence-corrected chi connectivity index (χ2v) is 8.63. The minimum Gasteiger partial charge on any atom is -0.389 e. The first-order valence-electron chi connectivity index (χ1n) is 11.5. The number of fused-ring (bicyclic) bond motifs is 1. The molecule has 33 heavy (non-hydrogen) atoms. The van der Waals surface area contributed by atoms with Crippen LogP contribution in [0.1, 0.15) is 52.1 Å². The lowest BCUT2D eigenvalue weighted by atomic mass is 9.89. The number of carbonyl (C=O) groups excluding carboxylic acids is 1. The lowest BCUT2D eigenvalue weighted by Crippen LogP contribution is -2.48. The summed E-state index contributed by atoms with van der Waals surface area (Å²) in [7, 11) is 0. The second-order valence-electron chi connectivity index (χ2n) is 8.63. The fourth-order valence-electron chi connectivity index (χ4n) is 4.53. The van der Waals surface area contributed by atoms with Crippen molar-refractivity contribution in [1.82, 2.24) is 25.3 Å². The second kappa shape index (κ2) is 9.72.